The number of amides is 2. The molecule has 0 radical (unpaired) electrons. The van der Waals surface area contributed by atoms with Gasteiger partial charge in [0.2, 0.25) is 6.79 Å². The number of carbonyl (C=O) groups is 2. The lowest BCUT2D eigenvalue weighted by molar-refractivity contribution is -0.117. The van der Waals surface area contributed by atoms with Crippen LogP contribution >= 0.6 is 11.6 Å². The van der Waals surface area contributed by atoms with Crippen molar-refractivity contribution >= 4 is 35.2 Å². The fourth-order valence-corrected chi connectivity index (χ4v) is 2.89. The van der Waals surface area contributed by atoms with Gasteiger partial charge in [0, 0.05) is 5.56 Å². The number of hydrogen-bond acceptors (Lipinski definition) is 8. The molecule has 3 aromatic rings. The van der Waals surface area contributed by atoms with Gasteiger partial charge in [-0.05, 0) is 35.9 Å². The molecule has 0 bridgehead atoms. The lowest BCUT2D eigenvalue weighted by Gasteiger charge is -2.13. The first-order valence-electron chi connectivity index (χ1n) is 9.25. The summed E-state index contributed by atoms with van der Waals surface area (Å²) in [7, 11) is 0. The fraction of sp³-hybridized carbons (Fsp3) is 0.0476. The molecule has 0 saturated carbocycles. The van der Waals surface area contributed by atoms with E-state index < -0.39 is 17.7 Å². The molecule has 0 fully saturated rings. The Labute approximate surface area is 186 Å². The van der Waals surface area contributed by atoms with Crippen LogP contribution in [0.4, 0.5) is 5.69 Å². The average molecular weight is 454 g/mol. The topological polar surface area (TPSA) is 135 Å². The number of aromatic nitrogens is 2. The third-order valence-corrected chi connectivity index (χ3v) is 4.69. The molecule has 0 atom stereocenters. The minimum atomic E-state index is -0.681. The van der Waals surface area contributed by atoms with E-state index in [0.717, 1.165) is 0 Å². The number of carbonyl (C=O) groups excluding carboxylic acids is 2. The molecule has 1 aromatic heterocycles. The molecule has 1 aliphatic rings. The normalized spacial score (nSPS) is 12.2. The first-order chi connectivity index (χ1) is 15.5. The van der Waals surface area contributed by atoms with Gasteiger partial charge in [-0.25, -0.2) is 0 Å². The van der Waals surface area contributed by atoms with Crippen LogP contribution in [0.5, 0.6) is 17.4 Å². The number of rotatable bonds is 6. The summed E-state index contributed by atoms with van der Waals surface area (Å²) >= 11 is 5.93. The molecule has 0 unspecified atom stereocenters. The molecule has 11 heteroatoms. The largest absolute Gasteiger partial charge is 0.491 e. The van der Waals surface area contributed by atoms with E-state index in [2.05, 4.69) is 26.4 Å². The first-order valence-corrected chi connectivity index (χ1v) is 9.63. The van der Waals surface area contributed by atoms with E-state index in [-0.39, 0.29) is 23.2 Å². The quantitative estimate of drug-likeness (QED) is 0.330. The van der Waals surface area contributed by atoms with Gasteiger partial charge in [0.05, 0.1) is 11.9 Å². The van der Waals surface area contributed by atoms with Crippen LogP contribution in [0.1, 0.15) is 15.9 Å². The van der Waals surface area contributed by atoms with Crippen LogP contribution < -0.4 is 25.6 Å². The standard InChI is InChI=1S/C21H16ClN5O5/c22-18-15(10-23-26-21(18)30)25-27-20(29)14(24-19(28)13-4-2-1-3-5-13)8-12-6-7-16-17(9-12)32-11-31-16/h1-10H,11H2,(H,24,28)(H,27,29)(H2,25,26,30)/b14-8-. The molecule has 2 aromatic carbocycles. The Bertz CT molecular complexity index is 1200. The van der Waals surface area contributed by atoms with Gasteiger partial charge in [-0.3, -0.25) is 20.4 Å². The second kappa shape index (κ2) is 9.23. The summed E-state index contributed by atoms with van der Waals surface area (Å²) in [5, 5.41) is 18.9. The number of anilines is 1. The smallest absolute Gasteiger partial charge is 0.286 e. The zero-order chi connectivity index (χ0) is 22.5. The number of halogens is 1. The lowest BCUT2D eigenvalue weighted by Crippen LogP contribution is -2.37. The second-order valence-electron chi connectivity index (χ2n) is 6.47. The van der Waals surface area contributed by atoms with Gasteiger partial charge in [-0.1, -0.05) is 35.9 Å². The molecular formula is C21H16ClN5O5. The van der Waals surface area contributed by atoms with Crippen molar-refractivity contribution in [3.8, 4) is 17.4 Å². The van der Waals surface area contributed by atoms with E-state index in [0.29, 0.717) is 22.6 Å². The molecule has 162 valence electrons. The molecule has 4 rings (SSSR count). The third kappa shape index (κ3) is 4.71. The monoisotopic (exact) mass is 453 g/mol. The van der Waals surface area contributed by atoms with Crippen LogP contribution in [0.15, 0.2) is 60.4 Å². The van der Waals surface area contributed by atoms with E-state index in [4.69, 9.17) is 21.1 Å². The van der Waals surface area contributed by atoms with Crippen molar-refractivity contribution in [2.45, 2.75) is 0 Å². The number of nitrogens with one attached hydrogen (secondary N) is 3. The van der Waals surface area contributed by atoms with Gasteiger partial charge in [0.25, 0.3) is 17.7 Å². The molecule has 0 aliphatic carbocycles. The summed E-state index contributed by atoms with van der Waals surface area (Å²) in [6.07, 6.45) is 2.69. The fourth-order valence-electron chi connectivity index (χ4n) is 2.75. The van der Waals surface area contributed by atoms with Gasteiger partial charge in [0.15, 0.2) is 11.5 Å². The van der Waals surface area contributed by atoms with Crippen molar-refractivity contribution < 1.29 is 24.2 Å². The summed E-state index contributed by atoms with van der Waals surface area (Å²) in [5.74, 6) is -0.549. The number of benzene rings is 2. The van der Waals surface area contributed by atoms with Crippen molar-refractivity contribution in [1.82, 2.24) is 20.9 Å². The Morgan fingerprint density at radius 3 is 2.69 bits per heavy atom. The van der Waals surface area contributed by atoms with Crippen molar-refractivity contribution in [3.05, 3.63) is 76.6 Å². The van der Waals surface area contributed by atoms with Gasteiger partial charge >= 0.3 is 0 Å². The molecule has 0 saturated heterocycles. The van der Waals surface area contributed by atoms with Gasteiger partial charge in [-0.2, -0.15) is 5.10 Å². The van der Waals surface area contributed by atoms with Crippen LogP contribution in [0.3, 0.4) is 0 Å². The number of fused-ring (bicyclic) bond motifs is 1. The third-order valence-electron chi connectivity index (χ3n) is 4.32. The summed E-state index contributed by atoms with van der Waals surface area (Å²) in [5.41, 5.74) is 5.96. The van der Waals surface area contributed by atoms with Crippen LogP contribution in [0, 0.1) is 0 Å². The van der Waals surface area contributed by atoms with Gasteiger partial charge in [0.1, 0.15) is 10.7 Å². The van der Waals surface area contributed by atoms with Crippen molar-refractivity contribution in [2.24, 2.45) is 0 Å². The second-order valence-corrected chi connectivity index (χ2v) is 6.84. The molecule has 0 spiro atoms. The van der Waals surface area contributed by atoms with E-state index in [1.54, 1.807) is 48.5 Å². The highest BCUT2D eigenvalue weighted by atomic mass is 35.5. The van der Waals surface area contributed by atoms with Crippen molar-refractivity contribution in [1.29, 1.82) is 0 Å². The van der Waals surface area contributed by atoms with Crippen LogP contribution in [0.2, 0.25) is 5.02 Å². The highest BCUT2D eigenvalue weighted by molar-refractivity contribution is 6.34. The Morgan fingerprint density at radius 2 is 1.88 bits per heavy atom. The molecule has 4 N–H and O–H groups in total. The zero-order valence-corrected chi connectivity index (χ0v) is 17.1. The van der Waals surface area contributed by atoms with Gasteiger partial charge < -0.3 is 19.9 Å². The summed E-state index contributed by atoms with van der Waals surface area (Å²) in [6, 6.07) is 13.5. The number of nitrogens with zero attached hydrogens (tertiary/aromatic N) is 2. The van der Waals surface area contributed by atoms with Crippen molar-refractivity contribution in [3.63, 3.8) is 0 Å². The SMILES string of the molecule is O=C(NNc1cnnc(O)c1Cl)/C(=C/c1ccc2c(c1)OCO2)NC(=O)c1ccccc1. The molecular weight excluding hydrogens is 438 g/mol. The van der Waals surface area contributed by atoms with E-state index >= 15 is 0 Å². The highest BCUT2D eigenvalue weighted by Crippen LogP contribution is 2.33. The van der Waals surface area contributed by atoms with Gasteiger partial charge in [-0.15, -0.1) is 5.10 Å². The van der Waals surface area contributed by atoms with Crippen LogP contribution in [-0.4, -0.2) is 33.9 Å². The Hall–Kier alpha value is -4.31. The van der Waals surface area contributed by atoms with E-state index in [1.165, 1.54) is 12.3 Å². The number of hydrogen-bond donors (Lipinski definition) is 4. The van der Waals surface area contributed by atoms with Crippen molar-refractivity contribution in [2.75, 3.05) is 12.2 Å². The Kier molecular flexibility index (Phi) is 6.04. The number of aromatic hydroxyl groups is 1. The highest BCUT2D eigenvalue weighted by Gasteiger charge is 2.17. The Balaban J connectivity index is 1.58. The van der Waals surface area contributed by atoms with Crippen LogP contribution in [-0.2, 0) is 4.79 Å². The summed E-state index contributed by atoms with van der Waals surface area (Å²) < 4.78 is 10.6. The lowest BCUT2D eigenvalue weighted by atomic mass is 10.1. The maximum absolute atomic E-state index is 12.9. The van der Waals surface area contributed by atoms with E-state index in [9.17, 15) is 14.7 Å². The molecule has 32 heavy (non-hydrogen) atoms. The maximum atomic E-state index is 12.9. The molecule has 2 heterocycles. The van der Waals surface area contributed by atoms with Crippen LogP contribution in [0.25, 0.3) is 6.08 Å². The predicted octanol–water partition coefficient (Wildman–Crippen LogP) is 2.48. The van der Waals surface area contributed by atoms with E-state index in [1.807, 2.05) is 0 Å². The predicted molar refractivity (Wildman–Crippen MR) is 115 cm³/mol. The molecule has 10 nitrogen and oxygen atoms in total. The maximum Gasteiger partial charge on any atom is 0.286 e. The minimum absolute atomic E-state index is 0.0624. The summed E-state index contributed by atoms with van der Waals surface area (Å²) in [6.45, 7) is 0.109. The number of ether oxygens (including phenoxy) is 2. The first kappa shape index (κ1) is 20.9. The minimum Gasteiger partial charge on any atom is -0.491 e. The number of hydrazine groups is 1. The molecule has 1 aliphatic heterocycles. The Morgan fingerprint density at radius 1 is 1.09 bits per heavy atom. The summed E-state index contributed by atoms with van der Waals surface area (Å²) in [4.78, 5) is 25.5. The molecule has 2 amide bonds. The average Bonchev–Trinajstić information content (AvgIpc) is 3.28. The zero-order valence-electron chi connectivity index (χ0n) is 16.3.